The molecule has 0 aliphatic carbocycles. The van der Waals surface area contributed by atoms with Crippen LogP contribution in [0.25, 0.3) is 0 Å². The van der Waals surface area contributed by atoms with Crippen molar-refractivity contribution < 1.29 is 17.8 Å². The molecule has 0 aromatic carbocycles. The van der Waals surface area contributed by atoms with Gasteiger partial charge in [-0.3, -0.25) is 9.35 Å². The third-order valence-corrected chi connectivity index (χ3v) is 3.66. The number of carbonyl (C=O) groups is 1. The topological polar surface area (TPSA) is 71.4 Å². The molecule has 0 saturated carbocycles. The van der Waals surface area contributed by atoms with Gasteiger partial charge in [-0.05, 0) is 13.8 Å². The quantitative estimate of drug-likeness (QED) is 0.486. The minimum atomic E-state index is -4.27. The number of hydrogen-bond acceptors (Lipinski definition) is 3. The molecule has 4 nitrogen and oxygen atoms in total. The second-order valence-electron chi connectivity index (χ2n) is 2.35. The maximum atomic E-state index is 10.5. The maximum absolute atomic E-state index is 10.5. The summed E-state index contributed by atoms with van der Waals surface area (Å²) in [6.45, 7) is 2.27. The van der Waals surface area contributed by atoms with Crippen molar-refractivity contribution in [2.24, 2.45) is 0 Å². The summed E-state index contributed by atoms with van der Waals surface area (Å²) in [5, 5.41) is 0. The van der Waals surface area contributed by atoms with Crippen LogP contribution < -0.4 is 0 Å². The van der Waals surface area contributed by atoms with Crippen molar-refractivity contribution in [3.8, 4) is 0 Å². The Bertz CT molecular complexity index is 240. The number of carbonyl (C=O) groups excluding carboxylic acids is 1. The molecule has 10 heavy (non-hydrogen) atoms. The van der Waals surface area contributed by atoms with E-state index in [1.54, 1.807) is 9.24 Å². The molecule has 6 heteroatoms. The second-order valence-corrected chi connectivity index (χ2v) is 4.84. The van der Waals surface area contributed by atoms with Crippen molar-refractivity contribution in [2.75, 3.05) is 0 Å². The molecule has 1 N–H and O–H groups in total. The molecule has 0 aliphatic heterocycles. The van der Waals surface area contributed by atoms with Crippen molar-refractivity contribution in [3.05, 3.63) is 0 Å². The molecule has 0 spiro atoms. The maximum Gasteiger partial charge on any atom is 0.277 e. The Hall–Kier alpha value is 0.01000. The Kier molecular flexibility index (Phi) is 2.57. The fourth-order valence-electron chi connectivity index (χ4n) is 0.127. The lowest BCUT2D eigenvalue weighted by atomic mass is 10.2. The van der Waals surface area contributed by atoms with Gasteiger partial charge in [-0.1, -0.05) is 9.24 Å². The molecular weight excluding hydrogens is 175 g/mol. The lowest BCUT2D eigenvalue weighted by molar-refractivity contribution is -0.112. The summed E-state index contributed by atoms with van der Waals surface area (Å²) in [6.07, 6.45) is 0. The van der Waals surface area contributed by atoms with Crippen LogP contribution in [-0.4, -0.2) is 23.2 Å². The fraction of sp³-hybridized carbons (Fsp3) is 0.750. The third-order valence-electron chi connectivity index (χ3n) is 1.24. The van der Waals surface area contributed by atoms with Crippen LogP contribution in [-0.2, 0) is 14.9 Å². The average molecular weight is 184 g/mol. The SMILES string of the molecule is CC(C)(C(=O)P)S(=O)(=O)O. The summed E-state index contributed by atoms with van der Waals surface area (Å²) in [4.78, 5) is 10.5. The van der Waals surface area contributed by atoms with Crippen molar-refractivity contribution in [1.29, 1.82) is 0 Å². The van der Waals surface area contributed by atoms with Gasteiger partial charge in [-0.15, -0.1) is 0 Å². The highest BCUT2D eigenvalue weighted by molar-refractivity contribution is 7.89. The van der Waals surface area contributed by atoms with Crippen LogP contribution in [0.1, 0.15) is 13.8 Å². The Morgan fingerprint density at radius 3 is 1.80 bits per heavy atom. The number of rotatable bonds is 2. The van der Waals surface area contributed by atoms with Crippen LogP contribution in [0.2, 0.25) is 0 Å². The lowest BCUT2D eigenvalue weighted by Crippen LogP contribution is -2.36. The summed E-state index contributed by atoms with van der Waals surface area (Å²) in [7, 11) is -2.56. The molecule has 0 aromatic heterocycles. The standard InChI is InChI=1S/C4H9O4PS/c1-4(2,3(5)9)10(6,7)8/h9H2,1-2H3,(H,6,7,8). The van der Waals surface area contributed by atoms with Crippen LogP contribution in [0.3, 0.4) is 0 Å². The Morgan fingerprint density at radius 2 is 1.80 bits per heavy atom. The predicted octanol–water partition coefficient (Wildman–Crippen LogP) is 0.0545. The van der Waals surface area contributed by atoms with Gasteiger partial charge in [0, 0.05) is 0 Å². The molecule has 0 radical (unpaired) electrons. The highest BCUT2D eigenvalue weighted by atomic mass is 32.2. The number of hydrogen-bond donors (Lipinski definition) is 1. The molecule has 0 heterocycles. The average Bonchev–Trinajstić information content (AvgIpc) is 1.62. The lowest BCUT2D eigenvalue weighted by Gasteiger charge is -2.15. The molecule has 0 rings (SSSR count). The van der Waals surface area contributed by atoms with Crippen LogP contribution in [0.15, 0.2) is 0 Å². The second kappa shape index (κ2) is 2.57. The van der Waals surface area contributed by atoms with Gasteiger partial charge in [0.2, 0.25) is 0 Å². The van der Waals surface area contributed by atoms with E-state index in [1.165, 1.54) is 0 Å². The summed E-state index contributed by atoms with van der Waals surface area (Å²) in [5.74, 6) is 0. The van der Waals surface area contributed by atoms with Gasteiger partial charge in [0.1, 0.15) is 0 Å². The molecule has 1 unspecified atom stereocenters. The van der Waals surface area contributed by atoms with Crippen molar-refractivity contribution >= 4 is 24.9 Å². The van der Waals surface area contributed by atoms with E-state index in [0.717, 1.165) is 13.8 Å². The van der Waals surface area contributed by atoms with Crippen molar-refractivity contribution in [3.63, 3.8) is 0 Å². The fourth-order valence-corrected chi connectivity index (χ4v) is 0.828. The molecule has 0 aliphatic rings. The van der Waals surface area contributed by atoms with Crippen molar-refractivity contribution in [1.82, 2.24) is 0 Å². The summed E-state index contributed by atoms with van der Waals surface area (Å²) in [6, 6.07) is 0. The van der Waals surface area contributed by atoms with Gasteiger partial charge in [0.25, 0.3) is 10.1 Å². The molecule has 0 aromatic rings. The van der Waals surface area contributed by atoms with Gasteiger partial charge in [0.05, 0.1) is 0 Å². The van der Waals surface area contributed by atoms with E-state index in [9.17, 15) is 13.2 Å². The van der Waals surface area contributed by atoms with Crippen LogP contribution in [0, 0.1) is 0 Å². The highest BCUT2D eigenvalue weighted by Gasteiger charge is 2.37. The molecular formula is C4H9O4PS. The van der Waals surface area contributed by atoms with E-state index in [1.807, 2.05) is 0 Å². The first-order valence-electron chi connectivity index (χ1n) is 2.46. The molecule has 1 atom stereocenters. The van der Waals surface area contributed by atoms with E-state index in [2.05, 4.69) is 0 Å². The van der Waals surface area contributed by atoms with Gasteiger partial charge >= 0.3 is 0 Å². The van der Waals surface area contributed by atoms with Crippen molar-refractivity contribution in [2.45, 2.75) is 18.6 Å². The first-order valence-corrected chi connectivity index (χ1v) is 4.48. The third kappa shape index (κ3) is 1.75. The first-order chi connectivity index (χ1) is 4.19. The minimum absolute atomic E-state index is 0.657. The zero-order valence-electron chi connectivity index (χ0n) is 5.66. The Labute approximate surface area is 62.0 Å². The van der Waals surface area contributed by atoms with E-state index in [4.69, 9.17) is 4.55 Å². The molecule has 0 saturated heterocycles. The Morgan fingerprint density at radius 1 is 1.50 bits per heavy atom. The van der Waals surface area contributed by atoms with Gasteiger partial charge < -0.3 is 0 Å². The molecule has 60 valence electrons. The van der Waals surface area contributed by atoms with E-state index in [0.29, 0.717) is 0 Å². The van der Waals surface area contributed by atoms with Crippen LogP contribution in [0.4, 0.5) is 0 Å². The zero-order valence-corrected chi connectivity index (χ0v) is 7.63. The van der Waals surface area contributed by atoms with E-state index >= 15 is 0 Å². The van der Waals surface area contributed by atoms with Gasteiger partial charge in [-0.25, -0.2) is 0 Å². The molecule has 0 amide bonds. The summed E-state index contributed by atoms with van der Waals surface area (Å²) < 4.78 is 27.6. The molecule has 0 bridgehead atoms. The summed E-state index contributed by atoms with van der Waals surface area (Å²) in [5.41, 5.74) is -0.657. The smallest absolute Gasteiger partial charge is 0.277 e. The highest BCUT2D eigenvalue weighted by Crippen LogP contribution is 2.18. The van der Waals surface area contributed by atoms with Crippen LogP contribution >= 0.6 is 9.24 Å². The van der Waals surface area contributed by atoms with Gasteiger partial charge in [-0.2, -0.15) is 8.42 Å². The minimum Gasteiger partial charge on any atom is -0.293 e. The van der Waals surface area contributed by atoms with Gasteiger partial charge in [0.15, 0.2) is 10.3 Å². The van der Waals surface area contributed by atoms with Crippen LogP contribution in [0.5, 0.6) is 0 Å². The molecule has 0 fully saturated rings. The first kappa shape index (κ1) is 10.0. The predicted molar refractivity (Wildman–Crippen MR) is 40.3 cm³/mol. The largest absolute Gasteiger partial charge is 0.293 e. The Balaban J connectivity index is 4.95. The normalized spacial score (nSPS) is 13.2. The monoisotopic (exact) mass is 184 g/mol. The van der Waals surface area contributed by atoms with E-state index < -0.39 is 20.4 Å². The zero-order chi connectivity index (χ0) is 8.58. The van der Waals surface area contributed by atoms with E-state index in [-0.39, 0.29) is 0 Å². The summed E-state index contributed by atoms with van der Waals surface area (Å²) >= 11 is 0.